The quantitative estimate of drug-likeness (QED) is 0.936. The number of hydrogen-bond acceptors (Lipinski definition) is 5. The number of benzene rings is 1. The number of rotatable bonds is 4. The van der Waals surface area contributed by atoms with E-state index in [0.29, 0.717) is 0 Å². The lowest BCUT2D eigenvalue weighted by Crippen LogP contribution is -2.44. The molecule has 0 spiro atoms. The molecule has 1 aromatic carbocycles. The second-order valence-electron chi connectivity index (χ2n) is 5.50. The van der Waals surface area contributed by atoms with Crippen LogP contribution in [-0.2, 0) is 9.47 Å². The SMILES string of the molecule is COC1(CNc2nc3ccccc3nc2C)CCOCC1. The fourth-order valence-corrected chi connectivity index (χ4v) is 2.70. The molecule has 1 N–H and O–H groups in total. The third kappa shape index (κ3) is 2.99. The van der Waals surface area contributed by atoms with Gasteiger partial charge in [-0.2, -0.15) is 0 Å². The van der Waals surface area contributed by atoms with Gasteiger partial charge in [-0.15, -0.1) is 0 Å². The smallest absolute Gasteiger partial charge is 0.148 e. The zero-order valence-electron chi connectivity index (χ0n) is 12.6. The number of hydrogen-bond donors (Lipinski definition) is 1. The number of anilines is 1. The normalized spacial score (nSPS) is 17.8. The van der Waals surface area contributed by atoms with E-state index in [1.807, 2.05) is 31.2 Å². The van der Waals surface area contributed by atoms with Gasteiger partial charge in [0.1, 0.15) is 5.82 Å². The molecule has 2 heterocycles. The third-order valence-corrected chi connectivity index (χ3v) is 4.16. The van der Waals surface area contributed by atoms with Gasteiger partial charge in [-0.3, -0.25) is 0 Å². The lowest BCUT2D eigenvalue weighted by molar-refractivity contribution is -0.0807. The first-order chi connectivity index (χ1) is 10.2. The zero-order valence-corrected chi connectivity index (χ0v) is 12.6. The molecule has 0 aliphatic carbocycles. The summed E-state index contributed by atoms with van der Waals surface area (Å²) in [5, 5.41) is 3.41. The van der Waals surface area contributed by atoms with Gasteiger partial charge in [0, 0.05) is 39.7 Å². The van der Waals surface area contributed by atoms with Gasteiger partial charge in [-0.05, 0) is 19.1 Å². The first-order valence-electron chi connectivity index (χ1n) is 7.33. The van der Waals surface area contributed by atoms with Crippen LogP contribution in [0.5, 0.6) is 0 Å². The number of aryl methyl sites for hydroxylation is 1. The minimum absolute atomic E-state index is 0.169. The first kappa shape index (κ1) is 14.2. The molecule has 1 saturated heterocycles. The molecule has 5 heteroatoms. The highest BCUT2D eigenvalue weighted by Gasteiger charge is 2.32. The van der Waals surface area contributed by atoms with E-state index in [2.05, 4.69) is 15.3 Å². The number of fused-ring (bicyclic) bond motifs is 1. The summed E-state index contributed by atoms with van der Waals surface area (Å²) in [6, 6.07) is 7.92. The molecule has 3 rings (SSSR count). The van der Waals surface area contributed by atoms with Crippen molar-refractivity contribution in [3.05, 3.63) is 30.0 Å². The Morgan fingerprint density at radius 1 is 1.19 bits per heavy atom. The van der Waals surface area contributed by atoms with Gasteiger partial charge >= 0.3 is 0 Å². The van der Waals surface area contributed by atoms with Crippen molar-refractivity contribution < 1.29 is 9.47 Å². The van der Waals surface area contributed by atoms with Gasteiger partial charge in [0.15, 0.2) is 0 Å². The van der Waals surface area contributed by atoms with E-state index in [-0.39, 0.29) is 5.60 Å². The molecule has 5 nitrogen and oxygen atoms in total. The number of para-hydroxylation sites is 2. The van der Waals surface area contributed by atoms with Crippen LogP contribution in [0.3, 0.4) is 0 Å². The number of aromatic nitrogens is 2. The Labute approximate surface area is 124 Å². The average molecular weight is 287 g/mol. The predicted molar refractivity (Wildman–Crippen MR) is 82.6 cm³/mol. The standard InChI is InChI=1S/C16H21N3O2/c1-12-15(19-14-6-4-3-5-13(14)18-12)17-11-16(20-2)7-9-21-10-8-16/h3-6H,7-11H2,1-2H3,(H,17,19). The second kappa shape index (κ2) is 5.95. The Morgan fingerprint density at radius 2 is 1.86 bits per heavy atom. The molecule has 2 aromatic rings. The Bertz CT molecular complexity index is 624. The topological polar surface area (TPSA) is 56.3 Å². The van der Waals surface area contributed by atoms with Crippen molar-refractivity contribution in [3.63, 3.8) is 0 Å². The minimum Gasteiger partial charge on any atom is -0.381 e. The van der Waals surface area contributed by atoms with E-state index in [9.17, 15) is 0 Å². The fourth-order valence-electron chi connectivity index (χ4n) is 2.70. The van der Waals surface area contributed by atoms with Crippen molar-refractivity contribution in [2.75, 3.05) is 32.2 Å². The molecule has 1 aliphatic heterocycles. The molecule has 1 aliphatic rings. The predicted octanol–water partition coefficient (Wildman–Crippen LogP) is 2.55. The molecular weight excluding hydrogens is 266 g/mol. The van der Waals surface area contributed by atoms with Crippen molar-refractivity contribution in [3.8, 4) is 0 Å². The Hall–Kier alpha value is -1.72. The van der Waals surface area contributed by atoms with Crippen LogP contribution >= 0.6 is 0 Å². The number of ether oxygens (including phenoxy) is 2. The minimum atomic E-state index is -0.169. The van der Waals surface area contributed by atoms with Crippen LogP contribution in [0.1, 0.15) is 18.5 Å². The van der Waals surface area contributed by atoms with E-state index < -0.39 is 0 Å². The molecule has 21 heavy (non-hydrogen) atoms. The summed E-state index contributed by atoms with van der Waals surface area (Å²) in [6.45, 7) is 4.20. The van der Waals surface area contributed by atoms with E-state index in [0.717, 1.165) is 55.1 Å². The third-order valence-electron chi connectivity index (χ3n) is 4.16. The molecule has 0 atom stereocenters. The summed E-state index contributed by atoms with van der Waals surface area (Å²) in [7, 11) is 1.77. The van der Waals surface area contributed by atoms with E-state index in [1.165, 1.54) is 0 Å². The summed E-state index contributed by atoms with van der Waals surface area (Å²) in [4.78, 5) is 9.26. The van der Waals surface area contributed by atoms with Gasteiger partial charge in [0.05, 0.1) is 22.3 Å². The summed E-state index contributed by atoms with van der Waals surface area (Å²) in [6.07, 6.45) is 1.80. The number of nitrogens with one attached hydrogen (secondary N) is 1. The monoisotopic (exact) mass is 287 g/mol. The highest BCUT2D eigenvalue weighted by atomic mass is 16.5. The number of nitrogens with zero attached hydrogens (tertiary/aromatic N) is 2. The van der Waals surface area contributed by atoms with E-state index in [4.69, 9.17) is 9.47 Å². The van der Waals surface area contributed by atoms with E-state index >= 15 is 0 Å². The molecule has 0 bridgehead atoms. The fraction of sp³-hybridized carbons (Fsp3) is 0.500. The second-order valence-corrected chi connectivity index (χ2v) is 5.50. The summed E-state index contributed by atoms with van der Waals surface area (Å²) in [5.74, 6) is 0.830. The molecule has 0 saturated carbocycles. The molecule has 0 amide bonds. The van der Waals surface area contributed by atoms with Crippen molar-refractivity contribution in [2.24, 2.45) is 0 Å². The maximum Gasteiger partial charge on any atom is 0.148 e. The van der Waals surface area contributed by atoms with Crippen LogP contribution in [0.25, 0.3) is 11.0 Å². The van der Waals surface area contributed by atoms with Gasteiger partial charge < -0.3 is 14.8 Å². The molecule has 1 aromatic heterocycles. The zero-order chi connectivity index (χ0) is 14.7. The lowest BCUT2D eigenvalue weighted by atomic mass is 9.94. The average Bonchev–Trinajstić information content (AvgIpc) is 2.54. The van der Waals surface area contributed by atoms with Crippen LogP contribution in [0, 0.1) is 6.92 Å². The van der Waals surface area contributed by atoms with Gasteiger partial charge in [-0.1, -0.05) is 12.1 Å². The molecule has 1 fully saturated rings. The number of methoxy groups -OCH3 is 1. The highest BCUT2D eigenvalue weighted by Crippen LogP contribution is 2.25. The summed E-state index contributed by atoms with van der Waals surface area (Å²) >= 11 is 0. The molecule has 0 radical (unpaired) electrons. The van der Waals surface area contributed by atoms with Gasteiger partial charge in [0.2, 0.25) is 0 Å². The van der Waals surface area contributed by atoms with Crippen LogP contribution in [-0.4, -0.2) is 42.4 Å². The van der Waals surface area contributed by atoms with Crippen LogP contribution < -0.4 is 5.32 Å². The van der Waals surface area contributed by atoms with Crippen LogP contribution in [0.15, 0.2) is 24.3 Å². The van der Waals surface area contributed by atoms with Gasteiger partial charge in [-0.25, -0.2) is 9.97 Å². The highest BCUT2D eigenvalue weighted by molar-refractivity contribution is 5.76. The van der Waals surface area contributed by atoms with Gasteiger partial charge in [0.25, 0.3) is 0 Å². The summed E-state index contributed by atoms with van der Waals surface area (Å²) < 4.78 is 11.2. The first-order valence-corrected chi connectivity index (χ1v) is 7.33. The maximum atomic E-state index is 5.74. The largest absolute Gasteiger partial charge is 0.381 e. The van der Waals surface area contributed by atoms with Crippen molar-refractivity contribution in [2.45, 2.75) is 25.4 Å². The Kier molecular flexibility index (Phi) is 4.03. The summed E-state index contributed by atoms with van der Waals surface area (Å²) in [5.41, 5.74) is 2.57. The van der Waals surface area contributed by atoms with Crippen LogP contribution in [0.2, 0.25) is 0 Å². The molecular formula is C16H21N3O2. The Balaban J connectivity index is 1.79. The Morgan fingerprint density at radius 3 is 2.52 bits per heavy atom. The molecule has 0 unspecified atom stereocenters. The van der Waals surface area contributed by atoms with E-state index in [1.54, 1.807) is 7.11 Å². The van der Waals surface area contributed by atoms with Crippen LogP contribution in [0.4, 0.5) is 5.82 Å². The van der Waals surface area contributed by atoms with Crippen molar-refractivity contribution >= 4 is 16.9 Å². The maximum absolute atomic E-state index is 5.74. The lowest BCUT2D eigenvalue weighted by Gasteiger charge is -2.36. The van der Waals surface area contributed by atoms with Crippen molar-refractivity contribution in [1.29, 1.82) is 0 Å². The molecule has 112 valence electrons. The van der Waals surface area contributed by atoms with Crippen molar-refractivity contribution in [1.82, 2.24) is 9.97 Å².